The number of likely N-dealkylation sites (tertiary alicyclic amines) is 1. The van der Waals surface area contributed by atoms with E-state index in [2.05, 4.69) is 25.7 Å². The zero-order valence-corrected chi connectivity index (χ0v) is 13.0. The summed E-state index contributed by atoms with van der Waals surface area (Å²) in [5.74, 6) is 0.144. The molecule has 2 aliphatic rings. The van der Waals surface area contributed by atoms with E-state index in [0.717, 1.165) is 64.2 Å². The second kappa shape index (κ2) is 6.29. The van der Waals surface area contributed by atoms with E-state index in [0.29, 0.717) is 0 Å². The Morgan fingerprint density at radius 1 is 1.41 bits per heavy atom. The molecule has 2 aliphatic heterocycles. The van der Waals surface area contributed by atoms with Crippen LogP contribution in [0.25, 0.3) is 0 Å². The fourth-order valence-electron chi connectivity index (χ4n) is 3.62. The Morgan fingerprint density at radius 3 is 2.77 bits per heavy atom. The van der Waals surface area contributed by atoms with Crippen molar-refractivity contribution in [1.82, 2.24) is 30.4 Å². The van der Waals surface area contributed by atoms with E-state index in [1.165, 1.54) is 0 Å². The second-order valence-electron chi connectivity index (χ2n) is 6.62. The molecule has 1 unspecified atom stereocenters. The maximum Gasteiger partial charge on any atom is 0.320 e. The lowest BCUT2D eigenvalue weighted by molar-refractivity contribution is -0.139. The fraction of sp³-hybridized carbons (Fsp3) is 0.857. The van der Waals surface area contributed by atoms with E-state index in [1.807, 2.05) is 11.6 Å². The summed E-state index contributed by atoms with van der Waals surface area (Å²) in [6.07, 6.45) is 4.00. The van der Waals surface area contributed by atoms with Crippen molar-refractivity contribution >= 4 is 5.97 Å². The average molecular weight is 308 g/mol. The molecule has 0 aliphatic carbocycles. The van der Waals surface area contributed by atoms with E-state index in [4.69, 9.17) is 5.11 Å². The van der Waals surface area contributed by atoms with Crippen LogP contribution in [-0.2, 0) is 11.3 Å². The third kappa shape index (κ3) is 3.27. The fourth-order valence-corrected chi connectivity index (χ4v) is 3.62. The van der Waals surface area contributed by atoms with Crippen molar-refractivity contribution < 1.29 is 9.90 Å². The molecule has 3 heterocycles. The molecule has 2 fully saturated rings. The van der Waals surface area contributed by atoms with Gasteiger partial charge in [-0.15, -0.1) is 5.10 Å². The number of carbonyl (C=O) groups is 1. The molecule has 3 rings (SSSR count). The summed E-state index contributed by atoms with van der Waals surface area (Å²) in [5.41, 5.74) is 0.200. The summed E-state index contributed by atoms with van der Waals surface area (Å²) in [4.78, 5) is 13.6. The minimum Gasteiger partial charge on any atom is -0.480 e. The summed E-state index contributed by atoms with van der Waals surface area (Å²) in [5, 5.41) is 23.8. The summed E-state index contributed by atoms with van der Waals surface area (Å²) in [6, 6.07) is -0.352. The van der Waals surface area contributed by atoms with Crippen LogP contribution < -0.4 is 5.32 Å². The van der Waals surface area contributed by atoms with Gasteiger partial charge >= 0.3 is 5.97 Å². The first kappa shape index (κ1) is 15.4. The summed E-state index contributed by atoms with van der Waals surface area (Å²) < 4.78 is 1.84. The highest BCUT2D eigenvalue weighted by atomic mass is 16.4. The van der Waals surface area contributed by atoms with Gasteiger partial charge in [0, 0.05) is 13.1 Å². The van der Waals surface area contributed by atoms with Crippen LogP contribution in [0.15, 0.2) is 0 Å². The van der Waals surface area contributed by atoms with E-state index >= 15 is 0 Å². The summed E-state index contributed by atoms with van der Waals surface area (Å²) >= 11 is 0. The maximum absolute atomic E-state index is 11.1. The van der Waals surface area contributed by atoms with Gasteiger partial charge in [0.15, 0.2) is 0 Å². The number of aliphatic carboxylic acids is 1. The Hall–Kier alpha value is -1.54. The minimum atomic E-state index is -0.712. The number of carboxylic acid groups (broad SMARTS) is 1. The van der Waals surface area contributed by atoms with Crippen molar-refractivity contribution in [3.05, 3.63) is 5.82 Å². The highest BCUT2D eigenvalue weighted by molar-refractivity contribution is 5.74. The average Bonchev–Trinajstić information content (AvgIpc) is 3.09. The second-order valence-corrected chi connectivity index (χ2v) is 6.62. The first-order valence-electron chi connectivity index (χ1n) is 7.99. The Balaban J connectivity index is 1.41. The highest BCUT2D eigenvalue weighted by Crippen LogP contribution is 2.39. The number of carboxylic acids is 1. The number of aryl methyl sites for hydroxylation is 2. The zero-order valence-electron chi connectivity index (χ0n) is 13.0. The van der Waals surface area contributed by atoms with Crippen LogP contribution in [0.5, 0.6) is 0 Å². The predicted octanol–water partition coefficient (Wildman–Crippen LogP) is -0.0997. The number of nitrogens with zero attached hydrogens (tertiary/aromatic N) is 5. The number of nitrogens with one attached hydrogen (secondary N) is 1. The number of rotatable bonds is 5. The van der Waals surface area contributed by atoms with E-state index in [1.54, 1.807) is 0 Å². The molecule has 1 aromatic heterocycles. The molecule has 8 nitrogen and oxygen atoms in total. The molecule has 2 saturated heterocycles. The number of tetrazole rings is 1. The van der Waals surface area contributed by atoms with Gasteiger partial charge in [-0.3, -0.25) is 4.79 Å². The predicted molar refractivity (Wildman–Crippen MR) is 79.3 cm³/mol. The number of piperidine rings is 1. The number of hydrogen-bond acceptors (Lipinski definition) is 6. The van der Waals surface area contributed by atoms with Crippen LogP contribution >= 0.6 is 0 Å². The molecule has 8 heteroatoms. The van der Waals surface area contributed by atoms with Crippen molar-refractivity contribution in [2.45, 2.75) is 45.2 Å². The summed E-state index contributed by atoms with van der Waals surface area (Å²) in [7, 11) is 0. The first-order valence-corrected chi connectivity index (χ1v) is 7.99. The Kier molecular flexibility index (Phi) is 4.39. The van der Waals surface area contributed by atoms with Crippen LogP contribution in [0.2, 0.25) is 0 Å². The van der Waals surface area contributed by atoms with Gasteiger partial charge in [-0.25, -0.2) is 4.68 Å². The van der Waals surface area contributed by atoms with Gasteiger partial charge in [-0.2, -0.15) is 0 Å². The summed E-state index contributed by atoms with van der Waals surface area (Å²) in [6.45, 7) is 6.78. The van der Waals surface area contributed by atoms with Crippen molar-refractivity contribution in [3.63, 3.8) is 0 Å². The molecule has 1 atom stereocenters. The van der Waals surface area contributed by atoms with Crippen LogP contribution in [-0.4, -0.2) is 68.4 Å². The Bertz CT molecular complexity index is 523. The largest absolute Gasteiger partial charge is 0.480 e. The van der Waals surface area contributed by atoms with Crippen LogP contribution in [0.1, 0.15) is 31.5 Å². The molecule has 0 amide bonds. The lowest BCUT2D eigenvalue weighted by Crippen LogP contribution is -2.41. The topological polar surface area (TPSA) is 96.2 Å². The molecule has 22 heavy (non-hydrogen) atoms. The lowest BCUT2D eigenvalue weighted by atomic mass is 9.76. The van der Waals surface area contributed by atoms with Gasteiger partial charge in [0.1, 0.15) is 11.9 Å². The maximum atomic E-state index is 11.1. The normalized spacial score (nSPS) is 24.9. The molecule has 122 valence electrons. The van der Waals surface area contributed by atoms with Gasteiger partial charge in [0.25, 0.3) is 0 Å². The number of aromatic nitrogens is 4. The van der Waals surface area contributed by atoms with Crippen molar-refractivity contribution in [3.8, 4) is 0 Å². The zero-order chi connectivity index (χ0) is 15.6. The number of hydrogen-bond donors (Lipinski definition) is 2. The van der Waals surface area contributed by atoms with Gasteiger partial charge in [-0.1, -0.05) is 0 Å². The van der Waals surface area contributed by atoms with Crippen molar-refractivity contribution in [2.75, 3.05) is 26.2 Å². The highest BCUT2D eigenvalue weighted by Gasteiger charge is 2.43. The van der Waals surface area contributed by atoms with Crippen molar-refractivity contribution in [1.29, 1.82) is 0 Å². The molecule has 0 radical (unpaired) electrons. The quantitative estimate of drug-likeness (QED) is 0.784. The van der Waals surface area contributed by atoms with E-state index in [9.17, 15) is 4.79 Å². The van der Waals surface area contributed by atoms with E-state index < -0.39 is 5.97 Å². The molecule has 1 aromatic rings. The third-order valence-corrected chi connectivity index (χ3v) is 5.13. The smallest absolute Gasteiger partial charge is 0.320 e. The SMILES string of the molecule is Cc1nnnn1CCCN1CCC2(CC1)CNC(C(=O)O)C2. The Morgan fingerprint density at radius 2 is 2.18 bits per heavy atom. The Labute approximate surface area is 129 Å². The molecule has 0 bridgehead atoms. The molecule has 2 N–H and O–H groups in total. The van der Waals surface area contributed by atoms with Gasteiger partial charge < -0.3 is 15.3 Å². The third-order valence-electron chi connectivity index (χ3n) is 5.13. The van der Waals surface area contributed by atoms with Gasteiger partial charge in [0.05, 0.1) is 0 Å². The standard InChI is InChI=1S/C14H24N6O2/c1-11-16-17-18-20(11)6-2-5-19-7-3-14(4-8-19)9-12(13(21)22)15-10-14/h12,15H,2-10H2,1H3,(H,21,22). The monoisotopic (exact) mass is 308 g/mol. The van der Waals surface area contributed by atoms with Gasteiger partial charge in [0.2, 0.25) is 0 Å². The molecule has 0 aromatic carbocycles. The lowest BCUT2D eigenvalue weighted by Gasteiger charge is -2.39. The molecular formula is C14H24N6O2. The van der Waals surface area contributed by atoms with E-state index in [-0.39, 0.29) is 11.5 Å². The molecule has 0 saturated carbocycles. The van der Waals surface area contributed by atoms with Gasteiger partial charge in [-0.05, 0) is 68.1 Å². The van der Waals surface area contributed by atoms with Crippen molar-refractivity contribution in [2.24, 2.45) is 5.41 Å². The minimum absolute atomic E-state index is 0.200. The van der Waals surface area contributed by atoms with Crippen LogP contribution in [0.3, 0.4) is 0 Å². The van der Waals surface area contributed by atoms with Crippen LogP contribution in [0.4, 0.5) is 0 Å². The first-order chi connectivity index (χ1) is 10.6. The molecular weight excluding hydrogens is 284 g/mol. The van der Waals surface area contributed by atoms with Crippen LogP contribution in [0, 0.1) is 12.3 Å². The molecule has 1 spiro atoms.